The molecule has 0 fully saturated rings. The third-order valence-corrected chi connectivity index (χ3v) is 4.26. The summed E-state index contributed by atoms with van der Waals surface area (Å²) in [7, 11) is 0. The second-order valence-electron chi connectivity index (χ2n) is 6.40. The van der Waals surface area contributed by atoms with Crippen LogP contribution in [-0.4, -0.2) is 35.5 Å². The van der Waals surface area contributed by atoms with E-state index < -0.39 is 0 Å². The number of halogens is 1. The number of nitrogens with zero attached hydrogens (tertiary/aromatic N) is 2. The normalized spacial score (nSPS) is 10.4. The van der Waals surface area contributed by atoms with Gasteiger partial charge in [0.15, 0.2) is 0 Å². The number of aromatic nitrogens is 1. The van der Waals surface area contributed by atoms with Crippen LogP contribution in [0, 0.1) is 5.82 Å². The van der Waals surface area contributed by atoms with Gasteiger partial charge in [-0.25, -0.2) is 14.2 Å². The Hall–Kier alpha value is -2.63. The molecule has 1 heterocycles. The van der Waals surface area contributed by atoms with Crippen molar-refractivity contribution in [2.45, 2.75) is 39.2 Å². The summed E-state index contributed by atoms with van der Waals surface area (Å²) in [4.78, 5) is 18.2. The maximum atomic E-state index is 13.9. The lowest BCUT2D eigenvalue weighted by Crippen LogP contribution is -2.40. The first-order valence-corrected chi connectivity index (χ1v) is 9.61. The zero-order chi connectivity index (χ0) is 19.3. The van der Waals surface area contributed by atoms with Gasteiger partial charge in [0.25, 0.3) is 0 Å². The quantitative estimate of drug-likeness (QED) is 0.574. The molecule has 0 saturated heterocycles. The van der Waals surface area contributed by atoms with E-state index in [2.05, 4.69) is 15.6 Å². The maximum absolute atomic E-state index is 13.9. The number of anilines is 1. The Kier molecular flexibility index (Phi) is 9.10. The molecule has 0 aliphatic rings. The summed E-state index contributed by atoms with van der Waals surface area (Å²) in [6.07, 6.45) is 5.81. The van der Waals surface area contributed by atoms with E-state index in [0.717, 1.165) is 38.0 Å². The molecule has 1 aromatic heterocycles. The zero-order valence-electron chi connectivity index (χ0n) is 16.0. The van der Waals surface area contributed by atoms with E-state index in [9.17, 15) is 9.18 Å². The van der Waals surface area contributed by atoms with Crippen molar-refractivity contribution in [3.63, 3.8) is 0 Å². The molecule has 0 radical (unpaired) electrons. The highest BCUT2D eigenvalue weighted by molar-refractivity contribution is 5.74. The Morgan fingerprint density at radius 3 is 2.59 bits per heavy atom. The maximum Gasteiger partial charge on any atom is 0.317 e. The number of urea groups is 1. The van der Waals surface area contributed by atoms with E-state index in [0.29, 0.717) is 25.2 Å². The average Bonchev–Trinajstić information content (AvgIpc) is 2.68. The second-order valence-corrected chi connectivity index (χ2v) is 6.40. The van der Waals surface area contributed by atoms with Crippen LogP contribution in [0.4, 0.5) is 15.0 Å². The summed E-state index contributed by atoms with van der Waals surface area (Å²) in [6.45, 7) is 4.24. The number of rotatable bonds is 11. The summed E-state index contributed by atoms with van der Waals surface area (Å²) in [6, 6.07) is 12.3. The molecule has 2 aromatic rings. The molecule has 0 saturated carbocycles. The second kappa shape index (κ2) is 11.9. The molecule has 2 N–H and O–H groups in total. The SMILES string of the molecule is CCNC(=O)N(CCCCCCNc1ccccn1)Cc1ccccc1F. The molecule has 0 unspecified atom stereocenters. The molecule has 0 atom stereocenters. The minimum atomic E-state index is -0.271. The number of pyridine rings is 1. The number of nitrogens with one attached hydrogen (secondary N) is 2. The lowest BCUT2D eigenvalue weighted by atomic mass is 10.1. The summed E-state index contributed by atoms with van der Waals surface area (Å²) < 4.78 is 13.9. The standard InChI is InChI=1S/C21H29FN4O/c1-2-23-21(27)26(17-18-11-5-6-12-19(18)22)16-10-4-3-8-14-24-20-13-7-9-15-25-20/h5-7,9,11-13,15H,2-4,8,10,14,16-17H2,1H3,(H,23,27)(H,24,25). The first kappa shape index (κ1) is 20.7. The van der Waals surface area contributed by atoms with E-state index in [4.69, 9.17) is 0 Å². The number of amides is 2. The van der Waals surface area contributed by atoms with Crippen molar-refractivity contribution in [1.82, 2.24) is 15.2 Å². The Labute approximate surface area is 161 Å². The van der Waals surface area contributed by atoms with Gasteiger partial charge in [0.05, 0.1) is 6.54 Å². The van der Waals surface area contributed by atoms with Gasteiger partial charge in [-0.3, -0.25) is 0 Å². The van der Waals surface area contributed by atoms with Crippen LogP contribution >= 0.6 is 0 Å². The van der Waals surface area contributed by atoms with Crippen LogP contribution in [0.3, 0.4) is 0 Å². The van der Waals surface area contributed by atoms with Gasteiger partial charge in [0, 0.05) is 31.4 Å². The summed E-state index contributed by atoms with van der Waals surface area (Å²) in [5.41, 5.74) is 0.545. The fourth-order valence-electron chi connectivity index (χ4n) is 2.81. The number of unbranched alkanes of at least 4 members (excludes halogenated alkanes) is 3. The van der Waals surface area contributed by atoms with Crippen molar-refractivity contribution in [1.29, 1.82) is 0 Å². The molecule has 0 spiro atoms. The summed E-state index contributed by atoms with van der Waals surface area (Å²) in [5, 5.41) is 6.10. The van der Waals surface area contributed by atoms with Crippen LogP contribution in [0.1, 0.15) is 38.2 Å². The van der Waals surface area contributed by atoms with Crippen LogP contribution in [-0.2, 0) is 6.54 Å². The summed E-state index contributed by atoms with van der Waals surface area (Å²) in [5.74, 6) is 0.622. The lowest BCUT2D eigenvalue weighted by molar-refractivity contribution is 0.193. The van der Waals surface area contributed by atoms with Gasteiger partial charge in [-0.1, -0.05) is 37.1 Å². The van der Waals surface area contributed by atoms with Gasteiger partial charge < -0.3 is 15.5 Å². The van der Waals surface area contributed by atoms with Crippen molar-refractivity contribution in [3.05, 3.63) is 60.0 Å². The van der Waals surface area contributed by atoms with E-state index in [1.807, 2.05) is 25.1 Å². The van der Waals surface area contributed by atoms with Crippen LogP contribution in [0.15, 0.2) is 48.7 Å². The van der Waals surface area contributed by atoms with Crippen LogP contribution < -0.4 is 10.6 Å². The van der Waals surface area contributed by atoms with Gasteiger partial charge in [0.1, 0.15) is 11.6 Å². The summed E-state index contributed by atoms with van der Waals surface area (Å²) >= 11 is 0. The van der Waals surface area contributed by atoms with Crippen molar-refractivity contribution < 1.29 is 9.18 Å². The van der Waals surface area contributed by atoms with Gasteiger partial charge in [-0.15, -0.1) is 0 Å². The Bertz CT molecular complexity index is 681. The van der Waals surface area contributed by atoms with Crippen LogP contribution in [0.2, 0.25) is 0 Å². The van der Waals surface area contributed by atoms with Crippen molar-refractivity contribution >= 4 is 11.8 Å². The molecule has 1 aromatic carbocycles. The molecule has 0 bridgehead atoms. The minimum absolute atomic E-state index is 0.141. The highest BCUT2D eigenvalue weighted by Gasteiger charge is 2.14. The number of carbonyl (C=O) groups excluding carboxylic acids is 1. The Morgan fingerprint density at radius 2 is 1.85 bits per heavy atom. The third kappa shape index (κ3) is 7.64. The van der Waals surface area contributed by atoms with Crippen molar-refractivity contribution in [3.8, 4) is 0 Å². The molecule has 2 rings (SSSR count). The molecule has 5 nitrogen and oxygen atoms in total. The highest BCUT2D eigenvalue weighted by Crippen LogP contribution is 2.12. The van der Waals surface area contributed by atoms with E-state index in [1.54, 1.807) is 29.3 Å². The van der Waals surface area contributed by atoms with Crippen molar-refractivity contribution in [2.75, 3.05) is 25.0 Å². The van der Waals surface area contributed by atoms with Gasteiger partial charge in [-0.05, 0) is 38.0 Å². The van der Waals surface area contributed by atoms with E-state index in [-0.39, 0.29) is 11.8 Å². The topological polar surface area (TPSA) is 57.3 Å². The van der Waals surface area contributed by atoms with Gasteiger partial charge in [0.2, 0.25) is 0 Å². The molecular weight excluding hydrogens is 343 g/mol. The minimum Gasteiger partial charge on any atom is -0.370 e. The first-order chi connectivity index (χ1) is 13.2. The number of benzene rings is 1. The van der Waals surface area contributed by atoms with Crippen LogP contribution in [0.25, 0.3) is 0 Å². The molecule has 0 aliphatic carbocycles. The smallest absolute Gasteiger partial charge is 0.317 e. The molecular formula is C21H29FN4O. The monoisotopic (exact) mass is 372 g/mol. The van der Waals surface area contributed by atoms with Crippen LogP contribution in [0.5, 0.6) is 0 Å². The first-order valence-electron chi connectivity index (χ1n) is 9.61. The third-order valence-electron chi connectivity index (χ3n) is 4.26. The molecule has 6 heteroatoms. The fourth-order valence-corrected chi connectivity index (χ4v) is 2.81. The van der Waals surface area contributed by atoms with Crippen molar-refractivity contribution in [2.24, 2.45) is 0 Å². The zero-order valence-corrected chi connectivity index (χ0v) is 16.0. The van der Waals surface area contributed by atoms with Gasteiger partial charge >= 0.3 is 6.03 Å². The molecule has 0 aliphatic heterocycles. The fraction of sp³-hybridized carbons (Fsp3) is 0.429. The Morgan fingerprint density at radius 1 is 1.07 bits per heavy atom. The molecule has 146 valence electrons. The number of hydrogen-bond acceptors (Lipinski definition) is 3. The largest absolute Gasteiger partial charge is 0.370 e. The predicted octanol–water partition coefficient (Wildman–Crippen LogP) is 4.42. The number of hydrogen-bond donors (Lipinski definition) is 2. The number of carbonyl (C=O) groups is 1. The predicted molar refractivity (Wildman–Crippen MR) is 107 cm³/mol. The lowest BCUT2D eigenvalue weighted by Gasteiger charge is -2.23. The highest BCUT2D eigenvalue weighted by atomic mass is 19.1. The molecule has 27 heavy (non-hydrogen) atoms. The van der Waals surface area contributed by atoms with E-state index >= 15 is 0 Å². The Balaban J connectivity index is 1.70. The average molecular weight is 372 g/mol. The van der Waals surface area contributed by atoms with E-state index in [1.165, 1.54) is 6.07 Å². The van der Waals surface area contributed by atoms with Gasteiger partial charge in [-0.2, -0.15) is 0 Å². The molecule has 2 amide bonds.